The van der Waals surface area contributed by atoms with Crippen molar-refractivity contribution in [3.8, 4) is 0 Å². The molecule has 2 nitrogen and oxygen atoms in total. The first kappa shape index (κ1) is 29.6. The number of rotatable bonds is 2. The quantitative estimate of drug-likeness (QED) is 0.649. The zero-order valence-electron chi connectivity index (χ0n) is 11.6. The van der Waals surface area contributed by atoms with Crippen LogP contribution in [-0.2, 0) is 18.6 Å². The summed E-state index contributed by atoms with van der Waals surface area (Å²) in [6.07, 6.45) is 4.56. The van der Waals surface area contributed by atoms with E-state index in [0.717, 1.165) is 12.8 Å². The molecule has 15 heavy (non-hydrogen) atoms. The molecule has 0 amide bonds. The third-order valence-corrected chi connectivity index (χ3v) is 0.707. The van der Waals surface area contributed by atoms with Crippen molar-refractivity contribution in [1.82, 2.24) is 0 Å². The van der Waals surface area contributed by atoms with Crippen LogP contribution in [0.15, 0.2) is 0 Å². The van der Waals surface area contributed by atoms with E-state index >= 15 is 0 Å². The van der Waals surface area contributed by atoms with E-state index in [1.54, 1.807) is 28.2 Å². The number of hydrogen-bond acceptors (Lipinski definition) is 0. The number of hydrogen-bond donors (Lipinski definition) is 0. The minimum absolute atomic E-state index is 0. The summed E-state index contributed by atoms with van der Waals surface area (Å²) in [5, 5.41) is 7.00. The second-order valence-corrected chi connectivity index (χ2v) is 2.60. The molecule has 0 aromatic rings. The standard InChI is InChI=1S/2C4H9.2C2H6N.V/c2*1-3-4-2;2*1-3-2;/h2*1,3-4H2,2H3;2*1-2H3;/q4*-1;+4. The smallest absolute Gasteiger partial charge is 0.668 e. The summed E-state index contributed by atoms with van der Waals surface area (Å²) < 4.78 is 0. The first-order chi connectivity index (χ1) is 6.66. The molecular formula is C12H30N2V. The zero-order chi connectivity index (χ0) is 12.2. The number of nitrogens with zero attached hydrogens (tertiary/aromatic N) is 2. The summed E-state index contributed by atoms with van der Waals surface area (Å²) in [6.45, 7) is 11.4. The average molecular weight is 253 g/mol. The van der Waals surface area contributed by atoms with Gasteiger partial charge in [0, 0.05) is 0 Å². The van der Waals surface area contributed by atoms with Gasteiger partial charge >= 0.3 is 18.6 Å². The van der Waals surface area contributed by atoms with E-state index in [4.69, 9.17) is 0 Å². The van der Waals surface area contributed by atoms with Gasteiger partial charge in [-0.2, -0.15) is 41.0 Å². The fourth-order valence-electron chi connectivity index (χ4n) is 0. The second-order valence-electron chi connectivity index (χ2n) is 2.60. The summed E-state index contributed by atoms with van der Waals surface area (Å²) in [5.41, 5.74) is 0. The molecule has 0 rings (SSSR count). The van der Waals surface area contributed by atoms with E-state index in [1.807, 2.05) is 0 Å². The van der Waals surface area contributed by atoms with Gasteiger partial charge in [-0.25, -0.2) is 0 Å². The Morgan fingerprint density at radius 3 is 0.800 bits per heavy atom. The molecule has 0 atom stereocenters. The van der Waals surface area contributed by atoms with Gasteiger partial charge in [-0.3, -0.25) is 0 Å². The Balaban J connectivity index is -0.0000000293. The van der Waals surface area contributed by atoms with E-state index in [2.05, 4.69) is 38.3 Å². The Labute approximate surface area is 111 Å². The van der Waals surface area contributed by atoms with Crippen LogP contribution < -0.4 is 0 Å². The first-order valence-electron chi connectivity index (χ1n) is 5.20. The third kappa shape index (κ3) is 362. The molecule has 93 valence electrons. The van der Waals surface area contributed by atoms with Crippen molar-refractivity contribution in [2.75, 3.05) is 28.2 Å². The average Bonchev–Trinajstić information content (AvgIpc) is 2.20. The van der Waals surface area contributed by atoms with Crippen molar-refractivity contribution in [2.45, 2.75) is 39.5 Å². The predicted octanol–water partition coefficient (Wildman–Crippen LogP) is 4.48. The summed E-state index contributed by atoms with van der Waals surface area (Å²) in [4.78, 5) is 0. The molecule has 0 heterocycles. The van der Waals surface area contributed by atoms with Crippen molar-refractivity contribution < 1.29 is 18.6 Å². The Bertz CT molecular complexity index is 34.6. The maximum absolute atomic E-state index is 3.60. The van der Waals surface area contributed by atoms with Crippen LogP contribution in [0.2, 0.25) is 0 Å². The van der Waals surface area contributed by atoms with E-state index in [1.165, 1.54) is 12.8 Å². The first-order valence-corrected chi connectivity index (χ1v) is 5.20. The summed E-state index contributed by atoms with van der Waals surface area (Å²) in [5.74, 6) is 0. The molecule has 0 aromatic heterocycles. The van der Waals surface area contributed by atoms with Crippen molar-refractivity contribution in [3.05, 3.63) is 24.5 Å². The van der Waals surface area contributed by atoms with Crippen LogP contribution in [0.1, 0.15) is 39.5 Å². The summed E-state index contributed by atoms with van der Waals surface area (Å²) >= 11 is 0. The van der Waals surface area contributed by atoms with Gasteiger partial charge in [-0.05, 0) is 0 Å². The van der Waals surface area contributed by atoms with Gasteiger partial charge in [-0.15, -0.1) is 0 Å². The molecule has 0 aliphatic rings. The van der Waals surface area contributed by atoms with Crippen LogP contribution >= 0.6 is 0 Å². The van der Waals surface area contributed by atoms with Gasteiger partial charge in [0.05, 0.1) is 0 Å². The fraction of sp³-hybridized carbons (Fsp3) is 0.833. The minimum Gasteiger partial charge on any atom is -0.668 e. The normalized spacial score (nSPS) is 6.40. The van der Waals surface area contributed by atoms with E-state index in [-0.39, 0.29) is 18.6 Å². The van der Waals surface area contributed by atoms with Crippen LogP contribution in [0.5, 0.6) is 0 Å². The van der Waals surface area contributed by atoms with Crippen LogP contribution in [0, 0.1) is 13.8 Å². The van der Waals surface area contributed by atoms with Crippen LogP contribution in [0.4, 0.5) is 0 Å². The van der Waals surface area contributed by atoms with Crippen molar-refractivity contribution in [1.29, 1.82) is 0 Å². The Morgan fingerprint density at radius 2 is 0.800 bits per heavy atom. The maximum atomic E-state index is 3.60. The van der Waals surface area contributed by atoms with Gasteiger partial charge in [0.1, 0.15) is 0 Å². The summed E-state index contributed by atoms with van der Waals surface area (Å²) in [6, 6.07) is 0. The maximum Gasteiger partial charge on any atom is 4.00 e. The predicted molar refractivity (Wildman–Crippen MR) is 70.9 cm³/mol. The topological polar surface area (TPSA) is 28.2 Å². The molecule has 0 saturated carbocycles. The van der Waals surface area contributed by atoms with Crippen LogP contribution in [0.25, 0.3) is 10.6 Å². The molecule has 3 heteroatoms. The SMILES string of the molecule is C[N-]C.C[N-]C.[CH2-]CCC.[CH2-]CCC.[V+4]. The molecule has 0 N–H and O–H groups in total. The van der Waals surface area contributed by atoms with E-state index in [9.17, 15) is 0 Å². The Hall–Kier alpha value is 0.504. The minimum atomic E-state index is 0. The largest absolute Gasteiger partial charge is 4.00 e. The van der Waals surface area contributed by atoms with Crippen LogP contribution in [0.3, 0.4) is 0 Å². The van der Waals surface area contributed by atoms with Gasteiger partial charge < -0.3 is 24.5 Å². The van der Waals surface area contributed by atoms with E-state index < -0.39 is 0 Å². The Morgan fingerprint density at radius 1 is 0.733 bits per heavy atom. The zero-order valence-corrected chi connectivity index (χ0v) is 13.0. The Kier molecular flexibility index (Phi) is 123. The molecular weight excluding hydrogens is 223 g/mol. The molecule has 0 saturated heterocycles. The molecule has 0 spiro atoms. The van der Waals surface area contributed by atoms with Crippen molar-refractivity contribution in [3.63, 3.8) is 0 Å². The molecule has 1 radical (unpaired) electrons. The molecule has 0 aromatic carbocycles. The monoisotopic (exact) mass is 253 g/mol. The number of unbranched alkanes of at least 4 members (excludes halogenated alkanes) is 2. The third-order valence-electron chi connectivity index (χ3n) is 0.707. The molecule has 0 fully saturated rings. The van der Waals surface area contributed by atoms with E-state index in [0.29, 0.717) is 0 Å². The van der Waals surface area contributed by atoms with Gasteiger partial charge in [0.25, 0.3) is 0 Å². The van der Waals surface area contributed by atoms with Gasteiger partial charge in [0.15, 0.2) is 0 Å². The van der Waals surface area contributed by atoms with Crippen molar-refractivity contribution in [2.24, 2.45) is 0 Å². The fourth-order valence-corrected chi connectivity index (χ4v) is 0. The molecule has 0 bridgehead atoms. The van der Waals surface area contributed by atoms with Gasteiger partial charge in [0.2, 0.25) is 0 Å². The summed E-state index contributed by atoms with van der Waals surface area (Å²) in [7, 11) is 7.00. The van der Waals surface area contributed by atoms with Crippen molar-refractivity contribution >= 4 is 0 Å². The second kappa shape index (κ2) is 62.5. The van der Waals surface area contributed by atoms with Gasteiger partial charge in [-0.1, -0.05) is 26.7 Å². The molecule has 0 aliphatic heterocycles. The molecule has 0 unspecified atom stereocenters. The molecule has 0 aliphatic carbocycles. The van der Waals surface area contributed by atoms with Crippen LogP contribution in [-0.4, -0.2) is 28.2 Å².